The smallest absolute Gasteiger partial charge is 0.241 e. The highest BCUT2D eigenvalue weighted by molar-refractivity contribution is 5.97. The number of methoxy groups -OCH3 is 1. The number of carbonyl (C=O) groups excluding carboxylic acids is 1. The van der Waals surface area contributed by atoms with Crippen molar-refractivity contribution in [3.05, 3.63) is 78.0 Å². The van der Waals surface area contributed by atoms with Crippen molar-refractivity contribution >= 4 is 11.8 Å². The number of halogens is 1. The van der Waals surface area contributed by atoms with Gasteiger partial charge in [0.2, 0.25) is 11.8 Å². The first-order valence-corrected chi connectivity index (χ1v) is 9.50. The van der Waals surface area contributed by atoms with Crippen LogP contribution in [0.4, 0.5) is 10.3 Å². The lowest BCUT2D eigenvalue weighted by atomic mass is 10.0. The Morgan fingerprint density at radius 3 is 2.77 bits per heavy atom. The maximum absolute atomic E-state index is 14.7. The number of hydrogen-bond donors (Lipinski definition) is 1. The molecule has 8 heteroatoms. The second-order valence-corrected chi connectivity index (χ2v) is 6.89. The molecule has 0 spiro atoms. The normalized spacial score (nSPS) is 10.7. The standard InChI is InChI=1S/C23H19FN4O3/c1-14-4-3-5-15(10-14)11-20(29)27-23-21(19-8-9-25-13-26-19)22(28-31-23)17-7-6-16(30-2)12-18(17)24/h3-10,12-13H,11H2,1-2H3,(H,27,29). The van der Waals surface area contributed by atoms with Crippen LogP contribution < -0.4 is 10.1 Å². The molecule has 0 unspecified atom stereocenters. The van der Waals surface area contributed by atoms with Gasteiger partial charge in [0.25, 0.3) is 0 Å². The summed E-state index contributed by atoms with van der Waals surface area (Å²) in [4.78, 5) is 20.8. The van der Waals surface area contributed by atoms with Crippen LogP contribution in [0.5, 0.6) is 5.75 Å². The Labute approximate surface area is 177 Å². The molecular formula is C23H19FN4O3. The predicted molar refractivity (Wildman–Crippen MR) is 113 cm³/mol. The van der Waals surface area contributed by atoms with E-state index in [-0.39, 0.29) is 29.5 Å². The number of aryl methyl sites for hydroxylation is 1. The van der Waals surface area contributed by atoms with Crippen LogP contribution in [0.2, 0.25) is 0 Å². The largest absolute Gasteiger partial charge is 0.497 e. The van der Waals surface area contributed by atoms with E-state index in [2.05, 4.69) is 20.4 Å². The minimum Gasteiger partial charge on any atom is -0.497 e. The average Bonchev–Trinajstić information content (AvgIpc) is 3.17. The number of rotatable bonds is 6. The van der Waals surface area contributed by atoms with Crippen LogP contribution >= 0.6 is 0 Å². The molecule has 31 heavy (non-hydrogen) atoms. The molecule has 0 radical (unpaired) electrons. The van der Waals surface area contributed by atoms with Crippen LogP contribution in [0.15, 0.2) is 65.6 Å². The van der Waals surface area contributed by atoms with Crippen LogP contribution in [-0.4, -0.2) is 28.1 Å². The van der Waals surface area contributed by atoms with Gasteiger partial charge in [0.1, 0.15) is 23.6 Å². The van der Waals surface area contributed by atoms with E-state index in [0.717, 1.165) is 11.1 Å². The second-order valence-electron chi connectivity index (χ2n) is 6.89. The highest BCUT2D eigenvalue weighted by Gasteiger charge is 2.24. The van der Waals surface area contributed by atoms with Gasteiger partial charge in [0, 0.05) is 17.8 Å². The third kappa shape index (κ3) is 4.42. The molecule has 0 aliphatic heterocycles. The molecule has 7 nitrogen and oxygen atoms in total. The van der Waals surface area contributed by atoms with Gasteiger partial charge in [-0.3, -0.25) is 10.1 Å². The van der Waals surface area contributed by atoms with Gasteiger partial charge in [-0.2, -0.15) is 0 Å². The van der Waals surface area contributed by atoms with Crippen molar-refractivity contribution in [2.75, 3.05) is 12.4 Å². The zero-order valence-electron chi connectivity index (χ0n) is 16.9. The molecule has 1 N–H and O–H groups in total. The molecule has 4 rings (SSSR count). The molecule has 4 aromatic rings. The number of carbonyl (C=O) groups is 1. The first-order chi connectivity index (χ1) is 15.0. The van der Waals surface area contributed by atoms with Crippen LogP contribution in [0.1, 0.15) is 11.1 Å². The van der Waals surface area contributed by atoms with Crippen molar-refractivity contribution in [2.45, 2.75) is 13.3 Å². The van der Waals surface area contributed by atoms with Crippen LogP contribution in [0.3, 0.4) is 0 Å². The summed E-state index contributed by atoms with van der Waals surface area (Å²) in [5.41, 5.74) is 3.13. The third-order valence-electron chi connectivity index (χ3n) is 4.66. The fourth-order valence-corrected chi connectivity index (χ4v) is 3.23. The molecule has 0 fully saturated rings. The first-order valence-electron chi connectivity index (χ1n) is 9.50. The number of anilines is 1. The number of benzene rings is 2. The first kappa shape index (κ1) is 20.2. The molecule has 0 atom stereocenters. The highest BCUT2D eigenvalue weighted by Crippen LogP contribution is 2.38. The Morgan fingerprint density at radius 2 is 2.06 bits per heavy atom. The summed E-state index contributed by atoms with van der Waals surface area (Å²) in [6.45, 7) is 1.96. The van der Waals surface area contributed by atoms with E-state index in [9.17, 15) is 9.18 Å². The lowest BCUT2D eigenvalue weighted by Crippen LogP contribution is -2.14. The molecule has 0 saturated heterocycles. The second kappa shape index (κ2) is 8.74. The van der Waals surface area contributed by atoms with Crippen molar-refractivity contribution in [1.82, 2.24) is 15.1 Å². The van der Waals surface area contributed by atoms with Gasteiger partial charge in [-0.05, 0) is 30.7 Å². The Balaban J connectivity index is 1.71. The molecule has 2 aromatic carbocycles. The van der Waals surface area contributed by atoms with Gasteiger partial charge in [-0.15, -0.1) is 0 Å². The number of nitrogens with zero attached hydrogens (tertiary/aromatic N) is 3. The lowest BCUT2D eigenvalue weighted by Gasteiger charge is -2.07. The number of ether oxygens (including phenoxy) is 1. The number of amides is 1. The Morgan fingerprint density at radius 1 is 1.19 bits per heavy atom. The predicted octanol–water partition coefficient (Wildman–Crippen LogP) is 4.44. The number of hydrogen-bond acceptors (Lipinski definition) is 6. The summed E-state index contributed by atoms with van der Waals surface area (Å²) in [6, 6.07) is 13.7. The topological polar surface area (TPSA) is 90.1 Å². The van der Waals surface area contributed by atoms with Crippen LogP contribution in [0.25, 0.3) is 22.5 Å². The van der Waals surface area contributed by atoms with Crippen molar-refractivity contribution in [2.24, 2.45) is 0 Å². The third-order valence-corrected chi connectivity index (χ3v) is 4.66. The Kier molecular flexibility index (Phi) is 5.70. The van der Waals surface area contributed by atoms with E-state index in [0.29, 0.717) is 17.0 Å². The summed E-state index contributed by atoms with van der Waals surface area (Å²) in [7, 11) is 1.46. The SMILES string of the molecule is COc1ccc(-c2noc(NC(=O)Cc3cccc(C)c3)c2-c2ccncn2)c(F)c1. The van der Waals surface area contributed by atoms with E-state index < -0.39 is 5.82 Å². The van der Waals surface area contributed by atoms with Crippen molar-refractivity contribution in [1.29, 1.82) is 0 Å². The van der Waals surface area contributed by atoms with Crippen molar-refractivity contribution in [3.8, 4) is 28.3 Å². The number of nitrogens with one attached hydrogen (secondary N) is 1. The van der Waals surface area contributed by atoms with Gasteiger partial charge in [-0.25, -0.2) is 14.4 Å². The van der Waals surface area contributed by atoms with Crippen molar-refractivity contribution < 1.29 is 18.4 Å². The van der Waals surface area contributed by atoms with Crippen LogP contribution in [0, 0.1) is 12.7 Å². The lowest BCUT2D eigenvalue weighted by molar-refractivity contribution is -0.115. The molecule has 2 heterocycles. The maximum Gasteiger partial charge on any atom is 0.241 e. The van der Waals surface area contributed by atoms with Crippen molar-refractivity contribution in [3.63, 3.8) is 0 Å². The van der Waals surface area contributed by atoms with E-state index in [1.54, 1.807) is 18.3 Å². The van der Waals surface area contributed by atoms with E-state index in [1.165, 1.54) is 25.6 Å². The quantitative estimate of drug-likeness (QED) is 0.498. The van der Waals surface area contributed by atoms with Gasteiger partial charge < -0.3 is 9.26 Å². The summed E-state index contributed by atoms with van der Waals surface area (Å²) in [5.74, 6) is -0.374. The maximum atomic E-state index is 14.7. The zero-order valence-corrected chi connectivity index (χ0v) is 16.9. The molecule has 0 aliphatic carbocycles. The van der Waals surface area contributed by atoms with Gasteiger partial charge in [0.15, 0.2) is 0 Å². The fourth-order valence-electron chi connectivity index (χ4n) is 3.23. The average molecular weight is 418 g/mol. The molecular weight excluding hydrogens is 399 g/mol. The fraction of sp³-hybridized carbons (Fsp3) is 0.130. The molecule has 0 saturated carbocycles. The van der Waals surface area contributed by atoms with Gasteiger partial charge in [0.05, 0.1) is 24.8 Å². The molecule has 2 aromatic heterocycles. The monoisotopic (exact) mass is 418 g/mol. The van der Waals surface area contributed by atoms with E-state index in [1.807, 2.05) is 31.2 Å². The minimum atomic E-state index is -0.541. The van der Waals surface area contributed by atoms with Gasteiger partial charge in [-0.1, -0.05) is 35.0 Å². The summed E-state index contributed by atoms with van der Waals surface area (Å²) in [6.07, 6.45) is 3.05. The number of aromatic nitrogens is 3. The molecule has 0 aliphatic rings. The highest BCUT2D eigenvalue weighted by atomic mass is 19.1. The zero-order chi connectivity index (χ0) is 21.8. The summed E-state index contributed by atoms with van der Waals surface area (Å²) < 4.78 is 25.2. The molecule has 1 amide bonds. The minimum absolute atomic E-state index is 0.0848. The van der Waals surface area contributed by atoms with E-state index >= 15 is 0 Å². The van der Waals surface area contributed by atoms with Gasteiger partial charge >= 0.3 is 0 Å². The summed E-state index contributed by atoms with van der Waals surface area (Å²) in [5, 5.41) is 6.76. The Bertz CT molecular complexity index is 1220. The van der Waals surface area contributed by atoms with E-state index in [4.69, 9.17) is 9.26 Å². The van der Waals surface area contributed by atoms with Crippen LogP contribution in [-0.2, 0) is 11.2 Å². The molecule has 156 valence electrons. The summed E-state index contributed by atoms with van der Waals surface area (Å²) >= 11 is 0. The Hall–Kier alpha value is -4.07. The molecule has 0 bridgehead atoms.